The van der Waals surface area contributed by atoms with Crippen molar-refractivity contribution in [1.82, 2.24) is 25.1 Å². The van der Waals surface area contributed by atoms with E-state index < -0.39 is 10.0 Å². The average molecular weight is 400 g/mol. The van der Waals surface area contributed by atoms with Crippen LogP contribution in [0.4, 0.5) is 0 Å². The lowest BCUT2D eigenvalue weighted by Gasteiger charge is -2.30. The summed E-state index contributed by atoms with van der Waals surface area (Å²) in [5, 5.41) is 7.70. The molecule has 0 spiro atoms. The zero-order valence-electron chi connectivity index (χ0n) is 14.9. The van der Waals surface area contributed by atoms with Crippen LogP contribution in [0.25, 0.3) is 11.5 Å². The van der Waals surface area contributed by atoms with Crippen molar-refractivity contribution in [3.8, 4) is 11.5 Å². The number of likely N-dealkylation sites (N-methyl/N-ethyl adjacent to an activating group) is 1. The molecule has 8 nitrogen and oxygen atoms in total. The first-order valence-electron chi connectivity index (χ1n) is 8.35. The third-order valence-electron chi connectivity index (χ3n) is 4.12. The van der Waals surface area contributed by atoms with Crippen LogP contribution in [0.2, 0.25) is 5.02 Å². The smallest absolute Gasteiger partial charge is 0.259 e. The molecule has 2 aromatic rings. The molecule has 1 saturated heterocycles. The number of benzene rings is 1. The first-order valence-corrected chi connectivity index (χ1v) is 10.2. The minimum Gasteiger partial charge on any atom is -0.334 e. The van der Waals surface area contributed by atoms with Gasteiger partial charge in [-0.05, 0) is 39.1 Å². The zero-order valence-corrected chi connectivity index (χ0v) is 16.4. The minimum absolute atomic E-state index is 0.00505. The molecule has 0 radical (unpaired) electrons. The molecule has 3 rings (SSSR count). The monoisotopic (exact) mass is 399 g/mol. The summed E-state index contributed by atoms with van der Waals surface area (Å²) in [7, 11) is -1.65. The van der Waals surface area contributed by atoms with E-state index in [4.69, 9.17) is 16.1 Å². The van der Waals surface area contributed by atoms with Gasteiger partial charge in [0.25, 0.3) is 5.89 Å². The lowest BCUT2D eigenvalue weighted by molar-refractivity contribution is 0.190. The zero-order chi connectivity index (χ0) is 18.9. The number of sulfonamides is 1. The molecule has 2 N–H and O–H groups in total. The quantitative estimate of drug-likeness (QED) is 0.788. The molecule has 1 aromatic heterocycles. The molecule has 0 aliphatic carbocycles. The van der Waals surface area contributed by atoms with Crippen LogP contribution in [0.15, 0.2) is 27.6 Å². The van der Waals surface area contributed by atoms with Gasteiger partial charge in [0.2, 0.25) is 10.0 Å². The molecular weight excluding hydrogens is 378 g/mol. The molecule has 1 fully saturated rings. The summed E-state index contributed by atoms with van der Waals surface area (Å²) in [6.45, 7) is 6.02. The van der Waals surface area contributed by atoms with Crippen LogP contribution < -0.4 is 10.0 Å². The Bertz CT molecular complexity index is 884. The van der Waals surface area contributed by atoms with E-state index in [1.165, 1.54) is 18.2 Å². The molecule has 1 atom stereocenters. The van der Waals surface area contributed by atoms with E-state index >= 15 is 0 Å². The van der Waals surface area contributed by atoms with E-state index in [1.54, 1.807) is 13.8 Å². The molecule has 1 aliphatic heterocycles. The van der Waals surface area contributed by atoms with Gasteiger partial charge in [0.1, 0.15) is 0 Å². The average Bonchev–Trinajstić information content (AvgIpc) is 3.04. The first-order chi connectivity index (χ1) is 12.3. The highest BCUT2D eigenvalue weighted by molar-refractivity contribution is 7.89. The van der Waals surface area contributed by atoms with Crippen molar-refractivity contribution in [1.29, 1.82) is 0 Å². The Morgan fingerprint density at radius 1 is 1.42 bits per heavy atom. The topological polar surface area (TPSA) is 100 Å². The molecule has 0 amide bonds. The third kappa shape index (κ3) is 4.07. The summed E-state index contributed by atoms with van der Waals surface area (Å²) in [5.41, 5.74) is 0.392. The van der Waals surface area contributed by atoms with Crippen LogP contribution in [0.3, 0.4) is 0 Å². The number of nitrogens with one attached hydrogen (secondary N) is 2. The van der Waals surface area contributed by atoms with E-state index in [1.807, 2.05) is 7.05 Å². The van der Waals surface area contributed by atoms with Crippen LogP contribution in [-0.2, 0) is 10.0 Å². The fraction of sp³-hybridized carbons (Fsp3) is 0.500. The van der Waals surface area contributed by atoms with Crippen molar-refractivity contribution in [3.63, 3.8) is 0 Å². The number of rotatable bonds is 5. The van der Waals surface area contributed by atoms with Crippen molar-refractivity contribution in [2.75, 3.05) is 26.7 Å². The van der Waals surface area contributed by atoms with Gasteiger partial charge in [0.05, 0.1) is 21.5 Å². The minimum atomic E-state index is -3.65. The summed E-state index contributed by atoms with van der Waals surface area (Å²) in [6.07, 6.45) is 0. The Kier molecular flexibility index (Phi) is 5.64. The van der Waals surface area contributed by atoms with Crippen molar-refractivity contribution >= 4 is 21.6 Å². The van der Waals surface area contributed by atoms with Gasteiger partial charge in [0.15, 0.2) is 5.82 Å². The van der Waals surface area contributed by atoms with Crippen LogP contribution in [0, 0.1) is 0 Å². The highest BCUT2D eigenvalue weighted by atomic mass is 35.5. The SMILES string of the molecule is CC(C)NS(=O)(=O)c1ccc(Cl)c(-c2nc(C3CNCCN3C)no2)c1. The van der Waals surface area contributed by atoms with Gasteiger partial charge in [-0.3, -0.25) is 4.90 Å². The van der Waals surface area contributed by atoms with Crippen molar-refractivity contribution in [2.24, 2.45) is 0 Å². The van der Waals surface area contributed by atoms with Crippen molar-refractivity contribution in [3.05, 3.63) is 29.0 Å². The Balaban J connectivity index is 1.93. The number of nitrogens with zero attached hydrogens (tertiary/aromatic N) is 3. The summed E-state index contributed by atoms with van der Waals surface area (Å²) in [6, 6.07) is 4.20. The van der Waals surface area contributed by atoms with Gasteiger partial charge in [0, 0.05) is 25.7 Å². The molecule has 0 bridgehead atoms. The van der Waals surface area contributed by atoms with Crippen molar-refractivity contribution < 1.29 is 12.9 Å². The Labute approximate surface area is 158 Å². The second-order valence-corrected chi connectivity index (χ2v) is 8.70. The van der Waals surface area contributed by atoms with Gasteiger partial charge in [-0.2, -0.15) is 4.98 Å². The molecule has 0 saturated carbocycles. The van der Waals surface area contributed by atoms with E-state index in [2.05, 4.69) is 25.1 Å². The van der Waals surface area contributed by atoms with Crippen LogP contribution in [-0.4, -0.2) is 56.2 Å². The third-order valence-corrected chi connectivity index (χ3v) is 6.11. The number of hydrogen-bond donors (Lipinski definition) is 2. The van der Waals surface area contributed by atoms with E-state index in [-0.39, 0.29) is 22.9 Å². The highest BCUT2D eigenvalue weighted by Crippen LogP contribution is 2.30. The Hall–Kier alpha value is -1.52. The Morgan fingerprint density at radius 2 is 2.19 bits per heavy atom. The summed E-state index contributed by atoms with van der Waals surface area (Å²) in [5.74, 6) is 0.741. The van der Waals surface area contributed by atoms with Gasteiger partial charge < -0.3 is 9.84 Å². The van der Waals surface area contributed by atoms with Gasteiger partial charge in [-0.1, -0.05) is 16.8 Å². The van der Waals surface area contributed by atoms with Gasteiger partial charge in [-0.25, -0.2) is 13.1 Å². The fourth-order valence-corrected chi connectivity index (χ4v) is 4.26. The predicted octanol–water partition coefficient (Wildman–Crippen LogP) is 1.65. The summed E-state index contributed by atoms with van der Waals surface area (Å²) < 4.78 is 32.7. The molecule has 2 heterocycles. The fourth-order valence-electron chi connectivity index (χ4n) is 2.79. The van der Waals surface area contributed by atoms with E-state index in [9.17, 15) is 8.42 Å². The number of aromatic nitrogens is 2. The molecule has 1 aliphatic rings. The van der Waals surface area contributed by atoms with Crippen LogP contribution >= 0.6 is 11.6 Å². The molecule has 10 heteroatoms. The van der Waals surface area contributed by atoms with E-state index in [0.717, 1.165) is 19.6 Å². The standard InChI is InChI=1S/C16H22ClN5O3S/c1-10(2)21-26(23,24)11-4-5-13(17)12(8-11)16-19-15(20-25-16)14-9-18-6-7-22(14)3/h4-5,8,10,14,18,21H,6-7,9H2,1-3H3. The Morgan fingerprint density at radius 3 is 2.88 bits per heavy atom. The molecular formula is C16H22ClN5O3S. The summed E-state index contributed by atoms with van der Waals surface area (Å²) in [4.78, 5) is 6.68. The number of hydrogen-bond acceptors (Lipinski definition) is 7. The first kappa shape index (κ1) is 19.2. The summed E-state index contributed by atoms with van der Waals surface area (Å²) >= 11 is 6.24. The number of halogens is 1. The molecule has 1 aromatic carbocycles. The maximum absolute atomic E-state index is 12.4. The van der Waals surface area contributed by atoms with E-state index in [0.29, 0.717) is 16.4 Å². The lowest BCUT2D eigenvalue weighted by atomic mass is 10.2. The van der Waals surface area contributed by atoms with Gasteiger partial charge >= 0.3 is 0 Å². The predicted molar refractivity (Wildman–Crippen MR) is 98.4 cm³/mol. The lowest BCUT2D eigenvalue weighted by Crippen LogP contribution is -2.44. The van der Waals surface area contributed by atoms with Crippen molar-refractivity contribution in [2.45, 2.75) is 30.8 Å². The van der Waals surface area contributed by atoms with Gasteiger partial charge in [-0.15, -0.1) is 0 Å². The maximum atomic E-state index is 12.4. The second-order valence-electron chi connectivity index (χ2n) is 6.58. The molecule has 142 valence electrons. The normalized spacial score (nSPS) is 19.2. The maximum Gasteiger partial charge on any atom is 0.259 e. The highest BCUT2D eigenvalue weighted by Gasteiger charge is 2.26. The number of piperazine rings is 1. The van der Waals surface area contributed by atoms with Crippen LogP contribution in [0.1, 0.15) is 25.7 Å². The molecule has 1 unspecified atom stereocenters. The largest absolute Gasteiger partial charge is 0.334 e. The van der Waals surface area contributed by atoms with Crippen LogP contribution in [0.5, 0.6) is 0 Å². The molecule has 26 heavy (non-hydrogen) atoms. The second kappa shape index (κ2) is 7.61.